The molecule has 0 aromatic carbocycles. The summed E-state index contributed by atoms with van der Waals surface area (Å²) in [5.74, 6) is 0.466. The van der Waals surface area contributed by atoms with E-state index in [9.17, 15) is 13.2 Å². The Morgan fingerprint density at radius 3 is 2.25 bits per heavy atom. The van der Waals surface area contributed by atoms with E-state index >= 15 is 0 Å². The van der Waals surface area contributed by atoms with Crippen LogP contribution in [0.25, 0.3) is 0 Å². The molecule has 0 saturated carbocycles. The van der Waals surface area contributed by atoms with Crippen LogP contribution in [0.3, 0.4) is 0 Å². The Labute approximate surface area is 142 Å². The van der Waals surface area contributed by atoms with E-state index in [2.05, 4.69) is 5.16 Å². The van der Waals surface area contributed by atoms with Crippen LogP contribution in [0.5, 0.6) is 0 Å². The molecule has 9 heteroatoms. The summed E-state index contributed by atoms with van der Waals surface area (Å²) in [6, 6.07) is 0. The van der Waals surface area contributed by atoms with Gasteiger partial charge in [0.25, 0.3) is 0 Å². The van der Waals surface area contributed by atoms with Gasteiger partial charge in [-0.25, -0.2) is 8.42 Å². The van der Waals surface area contributed by atoms with Crippen molar-refractivity contribution in [1.29, 1.82) is 0 Å². The number of carbonyl (C=O) groups is 1. The van der Waals surface area contributed by atoms with E-state index in [-0.39, 0.29) is 10.8 Å². The van der Waals surface area contributed by atoms with Gasteiger partial charge in [-0.2, -0.15) is 4.31 Å². The minimum absolute atomic E-state index is 0.148. The highest BCUT2D eigenvalue weighted by Crippen LogP contribution is 2.24. The number of hydrogen-bond acceptors (Lipinski definition) is 6. The molecule has 1 aromatic heterocycles. The van der Waals surface area contributed by atoms with Crippen LogP contribution in [0.15, 0.2) is 9.42 Å². The zero-order valence-corrected chi connectivity index (χ0v) is 15.0. The van der Waals surface area contributed by atoms with Gasteiger partial charge in [-0.05, 0) is 26.7 Å². The molecule has 24 heavy (non-hydrogen) atoms. The lowest BCUT2D eigenvalue weighted by Gasteiger charge is -2.34. The summed E-state index contributed by atoms with van der Waals surface area (Å²) < 4.78 is 32.0. The van der Waals surface area contributed by atoms with Gasteiger partial charge < -0.3 is 9.42 Å². The Bertz CT molecular complexity index is 682. The number of rotatable bonds is 4. The smallest absolute Gasteiger partial charge is 0.248 e. The average molecular weight is 356 g/mol. The molecule has 0 bridgehead atoms. The van der Waals surface area contributed by atoms with Crippen molar-refractivity contribution >= 4 is 15.9 Å². The van der Waals surface area contributed by atoms with Crippen LogP contribution in [0.4, 0.5) is 0 Å². The number of aryl methyl sites for hydroxylation is 2. The summed E-state index contributed by atoms with van der Waals surface area (Å²) >= 11 is 0. The zero-order valence-electron chi connectivity index (χ0n) is 14.2. The first-order valence-corrected chi connectivity index (χ1v) is 9.77. The van der Waals surface area contributed by atoms with Gasteiger partial charge in [0.15, 0.2) is 5.76 Å². The summed E-state index contributed by atoms with van der Waals surface area (Å²) in [5.41, 5.74) is 0.388. The number of hydrogen-bond donors (Lipinski definition) is 0. The molecule has 2 saturated heterocycles. The summed E-state index contributed by atoms with van der Waals surface area (Å²) in [6.45, 7) is 7.17. The van der Waals surface area contributed by atoms with Crippen molar-refractivity contribution in [2.24, 2.45) is 0 Å². The van der Waals surface area contributed by atoms with E-state index in [1.54, 1.807) is 13.8 Å². The predicted octanol–water partition coefficient (Wildman–Crippen LogP) is 0.220. The molecule has 134 valence electrons. The number of sulfonamides is 1. The van der Waals surface area contributed by atoms with E-state index in [0.29, 0.717) is 44.2 Å². The lowest BCUT2D eigenvalue weighted by atomic mass is 10.3. The minimum atomic E-state index is -3.59. The Hall–Kier alpha value is -1.45. The van der Waals surface area contributed by atoms with Crippen LogP contribution < -0.4 is 0 Å². The lowest BCUT2D eigenvalue weighted by Crippen LogP contribution is -2.51. The molecule has 0 aliphatic carbocycles. The van der Waals surface area contributed by atoms with Gasteiger partial charge in [-0.1, -0.05) is 5.16 Å². The topological polar surface area (TPSA) is 87.0 Å². The number of nitrogens with zero attached hydrogens (tertiary/aromatic N) is 4. The molecule has 8 nitrogen and oxygen atoms in total. The average Bonchev–Trinajstić information content (AvgIpc) is 3.18. The normalized spacial score (nSPS) is 20.7. The molecule has 0 radical (unpaired) electrons. The van der Waals surface area contributed by atoms with Crippen molar-refractivity contribution in [2.75, 3.05) is 45.8 Å². The van der Waals surface area contributed by atoms with E-state index in [1.165, 1.54) is 4.31 Å². The fourth-order valence-electron chi connectivity index (χ4n) is 3.36. The maximum atomic E-state index is 12.8. The maximum Gasteiger partial charge on any atom is 0.248 e. The monoisotopic (exact) mass is 356 g/mol. The number of piperazine rings is 1. The molecule has 3 rings (SSSR count). The van der Waals surface area contributed by atoms with Crippen LogP contribution in [0.2, 0.25) is 0 Å². The third-order valence-corrected chi connectivity index (χ3v) is 6.86. The van der Waals surface area contributed by atoms with Crippen molar-refractivity contribution in [1.82, 2.24) is 19.3 Å². The third kappa shape index (κ3) is 3.33. The summed E-state index contributed by atoms with van der Waals surface area (Å²) in [5, 5.41) is 3.73. The van der Waals surface area contributed by atoms with E-state index in [0.717, 1.165) is 25.9 Å². The third-order valence-electron chi connectivity index (χ3n) is 4.71. The molecule has 0 atom stereocenters. The fourth-order valence-corrected chi connectivity index (χ4v) is 5.07. The van der Waals surface area contributed by atoms with Gasteiger partial charge in [0.2, 0.25) is 15.9 Å². The van der Waals surface area contributed by atoms with Crippen LogP contribution in [-0.2, 0) is 14.8 Å². The molecule has 0 spiro atoms. The SMILES string of the molecule is Cc1noc(C)c1S(=O)(=O)N1CCN(CC(=O)N2CCCC2)CC1. The van der Waals surface area contributed by atoms with Crippen molar-refractivity contribution < 1.29 is 17.7 Å². The van der Waals surface area contributed by atoms with Crippen LogP contribution >= 0.6 is 0 Å². The number of amides is 1. The van der Waals surface area contributed by atoms with E-state index in [1.807, 2.05) is 9.80 Å². The maximum absolute atomic E-state index is 12.8. The van der Waals surface area contributed by atoms with E-state index in [4.69, 9.17) is 4.52 Å². The van der Waals surface area contributed by atoms with Crippen LogP contribution in [-0.4, -0.2) is 79.4 Å². The Balaban J connectivity index is 1.59. The Kier molecular flexibility index (Phi) is 4.93. The van der Waals surface area contributed by atoms with Gasteiger partial charge in [0, 0.05) is 39.3 Å². The summed E-state index contributed by atoms with van der Waals surface area (Å²) in [4.78, 5) is 16.3. The van der Waals surface area contributed by atoms with Gasteiger partial charge in [-0.15, -0.1) is 0 Å². The molecule has 2 aliphatic heterocycles. The molecule has 3 heterocycles. The van der Waals surface area contributed by atoms with Gasteiger partial charge in [-0.3, -0.25) is 9.69 Å². The fraction of sp³-hybridized carbons (Fsp3) is 0.733. The molecular weight excluding hydrogens is 332 g/mol. The second-order valence-electron chi connectivity index (χ2n) is 6.42. The Morgan fingerprint density at radius 2 is 1.71 bits per heavy atom. The van der Waals surface area contributed by atoms with Gasteiger partial charge in [0.05, 0.1) is 6.54 Å². The first-order valence-electron chi connectivity index (χ1n) is 8.33. The standard InChI is InChI=1S/C15H24N4O4S/c1-12-15(13(2)23-16-12)24(21,22)19-9-7-17(8-10-19)11-14(20)18-5-3-4-6-18/h3-11H2,1-2H3. The first kappa shape index (κ1) is 17.4. The summed E-state index contributed by atoms with van der Waals surface area (Å²) in [6.07, 6.45) is 2.16. The minimum Gasteiger partial charge on any atom is -0.360 e. The first-order chi connectivity index (χ1) is 11.4. The molecule has 2 fully saturated rings. The zero-order chi connectivity index (χ0) is 17.3. The van der Waals surface area contributed by atoms with Crippen molar-refractivity contribution in [3.8, 4) is 0 Å². The molecule has 0 N–H and O–H groups in total. The second-order valence-corrected chi connectivity index (χ2v) is 8.30. The molecule has 0 unspecified atom stereocenters. The molecular formula is C15H24N4O4S. The van der Waals surface area contributed by atoms with Crippen molar-refractivity contribution in [3.63, 3.8) is 0 Å². The van der Waals surface area contributed by atoms with Crippen molar-refractivity contribution in [3.05, 3.63) is 11.5 Å². The van der Waals surface area contributed by atoms with Crippen LogP contribution in [0, 0.1) is 13.8 Å². The molecule has 2 aliphatic rings. The number of carbonyl (C=O) groups excluding carboxylic acids is 1. The lowest BCUT2D eigenvalue weighted by molar-refractivity contribution is -0.131. The highest BCUT2D eigenvalue weighted by Gasteiger charge is 2.33. The highest BCUT2D eigenvalue weighted by atomic mass is 32.2. The summed E-state index contributed by atoms with van der Waals surface area (Å²) in [7, 11) is -3.59. The number of likely N-dealkylation sites (tertiary alicyclic amines) is 1. The molecule has 1 aromatic rings. The predicted molar refractivity (Wildman–Crippen MR) is 87.0 cm³/mol. The quantitative estimate of drug-likeness (QED) is 0.767. The number of aromatic nitrogens is 1. The highest BCUT2D eigenvalue weighted by molar-refractivity contribution is 7.89. The van der Waals surface area contributed by atoms with E-state index < -0.39 is 10.0 Å². The largest absolute Gasteiger partial charge is 0.360 e. The Morgan fingerprint density at radius 1 is 1.08 bits per heavy atom. The van der Waals surface area contributed by atoms with Crippen LogP contribution in [0.1, 0.15) is 24.3 Å². The van der Waals surface area contributed by atoms with Gasteiger partial charge in [0.1, 0.15) is 10.6 Å². The second kappa shape index (κ2) is 6.81. The molecule has 1 amide bonds. The van der Waals surface area contributed by atoms with Crippen molar-refractivity contribution in [2.45, 2.75) is 31.6 Å². The van der Waals surface area contributed by atoms with Gasteiger partial charge >= 0.3 is 0 Å².